The molecule has 1 aromatic heterocycles. The lowest BCUT2D eigenvalue weighted by atomic mass is 10.0. The van der Waals surface area contributed by atoms with Gasteiger partial charge < -0.3 is 10.1 Å². The molecule has 1 aliphatic rings. The van der Waals surface area contributed by atoms with Crippen LogP contribution in [0.5, 0.6) is 0 Å². The van der Waals surface area contributed by atoms with Gasteiger partial charge in [-0.2, -0.15) is 0 Å². The minimum Gasteiger partial charge on any atom is -0.480 e. The molecule has 0 saturated heterocycles. The quantitative estimate of drug-likeness (QED) is 0.592. The fourth-order valence-electron chi connectivity index (χ4n) is 1.80. The summed E-state index contributed by atoms with van der Waals surface area (Å²) in [6.07, 6.45) is 0.906. The van der Waals surface area contributed by atoms with E-state index >= 15 is 0 Å². The van der Waals surface area contributed by atoms with Gasteiger partial charge in [0.1, 0.15) is 6.04 Å². The predicted molar refractivity (Wildman–Crippen MR) is 47.6 cm³/mol. The largest absolute Gasteiger partial charge is 0.480 e. The summed E-state index contributed by atoms with van der Waals surface area (Å²) in [4.78, 5) is 13.9. The standard InChI is InChI=1S/C9H12N2O2/c1-5-4-6-2-3-10-8(9(12)13)7(6)11-5/h4,8,10-11H,2-3H2,1H3,(H,12,13). The first-order chi connectivity index (χ1) is 6.18. The molecule has 13 heavy (non-hydrogen) atoms. The molecular formula is C9H12N2O2. The average Bonchev–Trinajstić information content (AvgIpc) is 2.43. The molecule has 0 aliphatic carbocycles. The molecule has 3 N–H and O–H groups in total. The smallest absolute Gasteiger partial charge is 0.326 e. The maximum Gasteiger partial charge on any atom is 0.326 e. The van der Waals surface area contributed by atoms with Crippen LogP contribution >= 0.6 is 0 Å². The zero-order valence-electron chi connectivity index (χ0n) is 7.42. The number of carbonyl (C=O) groups is 1. The van der Waals surface area contributed by atoms with Gasteiger partial charge in [0.25, 0.3) is 0 Å². The number of aliphatic carboxylic acids is 1. The Hall–Kier alpha value is -1.29. The molecule has 0 fully saturated rings. The second-order valence-corrected chi connectivity index (χ2v) is 3.37. The number of carboxylic acids is 1. The maximum absolute atomic E-state index is 10.8. The van der Waals surface area contributed by atoms with Crippen molar-refractivity contribution >= 4 is 5.97 Å². The van der Waals surface area contributed by atoms with Crippen molar-refractivity contribution in [1.82, 2.24) is 10.3 Å². The lowest BCUT2D eigenvalue weighted by Gasteiger charge is -2.20. The number of hydrogen-bond donors (Lipinski definition) is 3. The monoisotopic (exact) mass is 180 g/mol. The summed E-state index contributed by atoms with van der Waals surface area (Å²) >= 11 is 0. The molecule has 0 aromatic carbocycles. The zero-order chi connectivity index (χ0) is 9.42. The van der Waals surface area contributed by atoms with Crippen molar-refractivity contribution in [1.29, 1.82) is 0 Å². The molecule has 0 radical (unpaired) electrons. The zero-order valence-corrected chi connectivity index (χ0v) is 7.42. The highest BCUT2D eigenvalue weighted by Gasteiger charge is 2.26. The van der Waals surface area contributed by atoms with E-state index < -0.39 is 12.0 Å². The summed E-state index contributed by atoms with van der Waals surface area (Å²) in [5, 5.41) is 11.9. The third kappa shape index (κ3) is 1.33. The van der Waals surface area contributed by atoms with Crippen LogP contribution in [0.25, 0.3) is 0 Å². The third-order valence-electron chi connectivity index (χ3n) is 2.35. The topological polar surface area (TPSA) is 65.1 Å². The number of carboxylic acid groups (broad SMARTS) is 1. The second kappa shape index (κ2) is 2.88. The normalized spacial score (nSPS) is 21.2. The fourth-order valence-corrected chi connectivity index (χ4v) is 1.80. The summed E-state index contributed by atoms with van der Waals surface area (Å²) < 4.78 is 0. The van der Waals surface area contributed by atoms with E-state index in [4.69, 9.17) is 5.11 Å². The van der Waals surface area contributed by atoms with Crippen LogP contribution < -0.4 is 5.32 Å². The van der Waals surface area contributed by atoms with E-state index in [0.29, 0.717) is 0 Å². The number of rotatable bonds is 1. The summed E-state index contributed by atoms with van der Waals surface area (Å²) in [5.41, 5.74) is 2.97. The van der Waals surface area contributed by atoms with Crippen LogP contribution in [0.15, 0.2) is 6.07 Å². The molecular weight excluding hydrogens is 168 g/mol. The Morgan fingerprint density at radius 2 is 2.46 bits per heavy atom. The highest BCUT2D eigenvalue weighted by molar-refractivity contribution is 5.76. The maximum atomic E-state index is 10.8. The van der Waals surface area contributed by atoms with Crippen molar-refractivity contribution in [3.05, 3.63) is 23.0 Å². The van der Waals surface area contributed by atoms with Gasteiger partial charge in [-0.1, -0.05) is 0 Å². The van der Waals surface area contributed by atoms with Crippen LogP contribution in [0.4, 0.5) is 0 Å². The first-order valence-corrected chi connectivity index (χ1v) is 4.33. The number of hydrogen-bond acceptors (Lipinski definition) is 2. The lowest BCUT2D eigenvalue weighted by molar-refractivity contribution is -0.139. The van der Waals surface area contributed by atoms with E-state index in [-0.39, 0.29) is 0 Å². The van der Waals surface area contributed by atoms with Crippen LogP contribution in [0.3, 0.4) is 0 Å². The lowest BCUT2D eigenvalue weighted by Crippen LogP contribution is -2.34. The van der Waals surface area contributed by atoms with E-state index in [0.717, 1.165) is 29.9 Å². The molecule has 4 heteroatoms. The number of nitrogens with one attached hydrogen (secondary N) is 2. The Balaban J connectivity index is 2.41. The third-order valence-corrected chi connectivity index (χ3v) is 2.35. The molecule has 4 nitrogen and oxygen atoms in total. The fraction of sp³-hybridized carbons (Fsp3) is 0.444. The minimum absolute atomic E-state index is 0.558. The van der Waals surface area contributed by atoms with Crippen LogP contribution in [-0.4, -0.2) is 22.6 Å². The van der Waals surface area contributed by atoms with Crippen molar-refractivity contribution in [2.24, 2.45) is 0 Å². The molecule has 70 valence electrons. The van der Waals surface area contributed by atoms with Gasteiger partial charge in [-0.15, -0.1) is 0 Å². The number of aryl methyl sites for hydroxylation is 1. The van der Waals surface area contributed by atoms with Crippen molar-refractivity contribution in [2.45, 2.75) is 19.4 Å². The van der Waals surface area contributed by atoms with E-state index in [9.17, 15) is 4.79 Å². The molecule has 1 unspecified atom stereocenters. The van der Waals surface area contributed by atoms with Gasteiger partial charge >= 0.3 is 5.97 Å². The van der Waals surface area contributed by atoms with Crippen molar-refractivity contribution in [2.75, 3.05) is 6.54 Å². The molecule has 1 atom stereocenters. The molecule has 0 saturated carbocycles. The molecule has 1 aliphatic heterocycles. The number of aromatic nitrogens is 1. The van der Waals surface area contributed by atoms with E-state index in [1.54, 1.807) is 0 Å². The number of aromatic amines is 1. The minimum atomic E-state index is -0.817. The number of fused-ring (bicyclic) bond motifs is 1. The Kier molecular flexibility index (Phi) is 1.84. The average molecular weight is 180 g/mol. The Labute approximate surface area is 76.0 Å². The molecule has 2 heterocycles. The molecule has 2 rings (SSSR count). The first kappa shape index (κ1) is 8.31. The van der Waals surface area contributed by atoms with Gasteiger partial charge in [0.15, 0.2) is 0 Å². The van der Waals surface area contributed by atoms with Crippen LogP contribution in [0.2, 0.25) is 0 Å². The Morgan fingerprint density at radius 1 is 1.69 bits per heavy atom. The van der Waals surface area contributed by atoms with Gasteiger partial charge in [0.2, 0.25) is 0 Å². The van der Waals surface area contributed by atoms with Crippen molar-refractivity contribution < 1.29 is 9.90 Å². The van der Waals surface area contributed by atoms with Crippen LogP contribution in [0.1, 0.15) is 23.0 Å². The van der Waals surface area contributed by atoms with Gasteiger partial charge in [-0.05, 0) is 25.0 Å². The van der Waals surface area contributed by atoms with Gasteiger partial charge in [-0.3, -0.25) is 10.1 Å². The van der Waals surface area contributed by atoms with Crippen molar-refractivity contribution in [3.8, 4) is 0 Å². The highest BCUT2D eigenvalue weighted by Crippen LogP contribution is 2.22. The van der Waals surface area contributed by atoms with Gasteiger partial charge in [0.05, 0.1) is 0 Å². The molecule has 0 bridgehead atoms. The SMILES string of the molecule is Cc1cc2c([nH]1)C(C(=O)O)NCC2. The highest BCUT2D eigenvalue weighted by atomic mass is 16.4. The van der Waals surface area contributed by atoms with Gasteiger partial charge in [-0.25, -0.2) is 0 Å². The first-order valence-electron chi connectivity index (χ1n) is 4.33. The summed E-state index contributed by atoms with van der Waals surface area (Å²) in [6.45, 7) is 2.68. The second-order valence-electron chi connectivity index (χ2n) is 3.37. The summed E-state index contributed by atoms with van der Waals surface area (Å²) in [7, 11) is 0. The Bertz CT molecular complexity index is 343. The molecule has 0 amide bonds. The van der Waals surface area contributed by atoms with Crippen LogP contribution in [0, 0.1) is 6.92 Å². The van der Waals surface area contributed by atoms with Crippen LogP contribution in [-0.2, 0) is 11.2 Å². The van der Waals surface area contributed by atoms with E-state index in [2.05, 4.69) is 10.3 Å². The van der Waals surface area contributed by atoms with E-state index in [1.165, 1.54) is 0 Å². The summed E-state index contributed by atoms with van der Waals surface area (Å²) in [6, 6.07) is 1.46. The van der Waals surface area contributed by atoms with Gasteiger partial charge in [0, 0.05) is 17.9 Å². The van der Waals surface area contributed by atoms with E-state index in [1.807, 2.05) is 13.0 Å². The molecule has 1 aromatic rings. The predicted octanol–water partition coefficient (Wildman–Crippen LogP) is 0.595. The van der Waals surface area contributed by atoms with Crippen molar-refractivity contribution in [3.63, 3.8) is 0 Å². The summed E-state index contributed by atoms with van der Waals surface area (Å²) in [5.74, 6) is -0.817. The number of H-pyrrole nitrogens is 1. The Morgan fingerprint density at radius 3 is 3.15 bits per heavy atom. The molecule has 0 spiro atoms.